The second-order valence-electron chi connectivity index (χ2n) is 4.30. The van der Waals surface area contributed by atoms with Gasteiger partial charge in [-0.05, 0) is 25.6 Å². The fourth-order valence-electron chi connectivity index (χ4n) is 1.61. The summed E-state index contributed by atoms with van der Waals surface area (Å²) in [6, 6.07) is 7.36. The van der Waals surface area contributed by atoms with Gasteiger partial charge in [0.2, 0.25) is 5.91 Å². The zero-order valence-electron chi connectivity index (χ0n) is 11.0. The molecule has 0 radical (unpaired) electrons. The number of primary amides is 1. The molecule has 5 nitrogen and oxygen atoms in total. The standard InChI is InChI=1S/C13H19N3O2S/c1-16(9-12(14)17)6-3-7-18-11-5-2-4-10(8-11)13(15)19/h2,4-5,8H,3,6-7,9H2,1H3,(H2,14,17)(H2,15,19). The van der Waals surface area contributed by atoms with Crippen molar-refractivity contribution < 1.29 is 9.53 Å². The molecule has 0 saturated carbocycles. The zero-order valence-corrected chi connectivity index (χ0v) is 11.8. The lowest BCUT2D eigenvalue weighted by Crippen LogP contribution is -2.31. The molecular formula is C13H19N3O2S. The molecule has 104 valence electrons. The van der Waals surface area contributed by atoms with Gasteiger partial charge in [-0.1, -0.05) is 24.4 Å². The molecule has 0 aliphatic heterocycles. The summed E-state index contributed by atoms with van der Waals surface area (Å²) in [5.41, 5.74) is 11.4. The molecule has 0 fully saturated rings. The van der Waals surface area contributed by atoms with Crippen LogP contribution in [0.1, 0.15) is 12.0 Å². The third-order valence-corrected chi connectivity index (χ3v) is 2.73. The molecule has 0 aromatic heterocycles. The van der Waals surface area contributed by atoms with E-state index in [-0.39, 0.29) is 12.5 Å². The molecule has 1 aromatic rings. The van der Waals surface area contributed by atoms with Crippen molar-refractivity contribution in [2.24, 2.45) is 11.5 Å². The van der Waals surface area contributed by atoms with Crippen molar-refractivity contribution in [2.45, 2.75) is 6.42 Å². The highest BCUT2D eigenvalue weighted by Crippen LogP contribution is 2.13. The lowest BCUT2D eigenvalue weighted by molar-refractivity contribution is -0.118. The quantitative estimate of drug-likeness (QED) is 0.536. The number of hydrogen-bond acceptors (Lipinski definition) is 4. The van der Waals surface area contributed by atoms with Crippen LogP contribution >= 0.6 is 12.2 Å². The Balaban J connectivity index is 2.31. The number of carbonyl (C=O) groups excluding carboxylic acids is 1. The third-order valence-electron chi connectivity index (χ3n) is 2.50. The number of ether oxygens (including phenoxy) is 1. The Kier molecular flexibility index (Phi) is 6.24. The van der Waals surface area contributed by atoms with Crippen LogP contribution in [0, 0.1) is 0 Å². The molecule has 1 rings (SSSR count). The monoisotopic (exact) mass is 281 g/mol. The lowest BCUT2D eigenvalue weighted by atomic mass is 10.2. The van der Waals surface area contributed by atoms with Crippen molar-refractivity contribution in [1.82, 2.24) is 4.90 Å². The predicted molar refractivity (Wildman–Crippen MR) is 79.1 cm³/mol. The number of nitrogens with zero attached hydrogens (tertiary/aromatic N) is 1. The number of likely N-dealkylation sites (N-methyl/N-ethyl adjacent to an activating group) is 1. The number of rotatable bonds is 8. The molecule has 0 bridgehead atoms. The highest BCUT2D eigenvalue weighted by Gasteiger charge is 2.03. The fraction of sp³-hybridized carbons (Fsp3) is 0.385. The normalized spacial score (nSPS) is 10.4. The largest absolute Gasteiger partial charge is 0.494 e. The van der Waals surface area contributed by atoms with Gasteiger partial charge in [0.05, 0.1) is 13.2 Å². The summed E-state index contributed by atoms with van der Waals surface area (Å²) in [6.45, 7) is 1.57. The molecule has 1 aromatic carbocycles. The number of amides is 1. The zero-order chi connectivity index (χ0) is 14.3. The Labute approximate surface area is 118 Å². The highest BCUT2D eigenvalue weighted by atomic mass is 32.1. The maximum absolute atomic E-state index is 10.7. The Morgan fingerprint density at radius 2 is 2.16 bits per heavy atom. The Morgan fingerprint density at radius 1 is 1.42 bits per heavy atom. The second kappa shape index (κ2) is 7.70. The number of benzene rings is 1. The van der Waals surface area contributed by atoms with Crippen molar-refractivity contribution >= 4 is 23.1 Å². The summed E-state index contributed by atoms with van der Waals surface area (Å²) < 4.78 is 5.59. The summed E-state index contributed by atoms with van der Waals surface area (Å²) in [5.74, 6) is 0.412. The molecule has 19 heavy (non-hydrogen) atoms. The molecule has 0 aliphatic rings. The second-order valence-corrected chi connectivity index (χ2v) is 4.74. The van der Waals surface area contributed by atoms with Crippen molar-refractivity contribution in [3.05, 3.63) is 29.8 Å². The lowest BCUT2D eigenvalue weighted by Gasteiger charge is -2.14. The number of thiocarbonyl (C=S) groups is 1. The van der Waals surface area contributed by atoms with Gasteiger partial charge in [0, 0.05) is 12.1 Å². The molecule has 0 unspecified atom stereocenters. The SMILES string of the molecule is CN(CCCOc1cccc(C(N)=S)c1)CC(N)=O. The first-order valence-electron chi connectivity index (χ1n) is 5.98. The maximum atomic E-state index is 10.7. The first-order chi connectivity index (χ1) is 8.99. The van der Waals surface area contributed by atoms with Crippen LogP contribution < -0.4 is 16.2 Å². The molecule has 0 spiro atoms. The highest BCUT2D eigenvalue weighted by molar-refractivity contribution is 7.80. The van der Waals surface area contributed by atoms with Gasteiger partial charge in [-0.25, -0.2) is 0 Å². The van der Waals surface area contributed by atoms with E-state index in [9.17, 15) is 4.79 Å². The summed E-state index contributed by atoms with van der Waals surface area (Å²) in [5, 5.41) is 0. The molecule has 0 heterocycles. The van der Waals surface area contributed by atoms with E-state index in [2.05, 4.69) is 0 Å². The van der Waals surface area contributed by atoms with Crippen molar-refractivity contribution in [2.75, 3.05) is 26.7 Å². The van der Waals surface area contributed by atoms with Crippen LogP contribution in [0.5, 0.6) is 5.75 Å². The van der Waals surface area contributed by atoms with Gasteiger partial charge in [-0.3, -0.25) is 9.69 Å². The van der Waals surface area contributed by atoms with Crippen LogP contribution in [-0.2, 0) is 4.79 Å². The van der Waals surface area contributed by atoms with Gasteiger partial charge < -0.3 is 16.2 Å². The van der Waals surface area contributed by atoms with Crippen molar-refractivity contribution in [1.29, 1.82) is 0 Å². The van der Waals surface area contributed by atoms with E-state index in [1.165, 1.54) is 0 Å². The van der Waals surface area contributed by atoms with Crippen LogP contribution in [0.3, 0.4) is 0 Å². The Hall–Kier alpha value is -1.66. The van der Waals surface area contributed by atoms with Crippen molar-refractivity contribution in [3.8, 4) is 5.75 Å². The van der Waals surface area contributed by atoms with Crippen LogP contribution in [0.2, 0.25) is 0 Å². The maximum Gasteiger partial charge on any atom is 0.231 e. The minimum Gasteiger partial charge on any atom is -0.494 e. The minimum absolute atomic E-state index is 0.261. The molecule has 1 amide bonds. The van der Waals surface area contributed by atoms with Crippen LogP contribution in [-0.4, -0.2) is 42.5 Å². The number of carbonyl (C=O) groups is 1. The van der Waals surface area contributed by atoms with Gasteiger partial charge in [0.1, 0.15) is 10.7 Å². The van der Waals surface area contributed by atoms with Gasteiger partial charge in [-0.15, -0.1) is 0 Å². The van der Waals surface area contributed by atoms with Crippen LogP contribution in [0.4, 0.5) is 0 Å². The van der Waals surface area contributed by atoms with E-state index in [1.807, 2.05) is 36.2 Å². The van der Waals surface area contributed by atoms with Crippen molar-refractivity contribution in [3.63, 3.8) is 0 Å². The average Bonchev–Trinajstić information content (AvgIpc) is 2.34. The summed E-state index contributed by atoms with van der Waals surface area (Å²) >= 11 is 4.90. The topological polar surface area (TPSA) is 81.6 Å². The van der Waals surface area contributed by atoms with E-state index in [1.54, 1.807) is 0 Å². The minimum atomic E-state index is -0.326. The van der Waals surface area contributed by atoms with Gasteiger partial charge >= 0.3 is 0 Å². The van der Waals surface area contributed by atoms with E-state index in [0.717, 1.165) is 24.3 Å². The molecule has 6 heteroatoms. The van der Waals surface area contributed by atoms with E-state index >= 15 is 0 Å². The number of nitrogens with two attached hydrogens (primary N) is 2. The summed E-state index contributed by atoms with van der Waals surface area (Å²) in [7, 11) is 1.85. The van der Waals surface area contributed by atoms with Gasteiger partial charge in [-0.2, -0.15) is 0 Å². The molecular weight excluding hydrogens is 262 g/mol. The van der Waals surface area contributed by atoms with E-state index in [0.29, 0.717) is 11.6 Å². The third kappa shape index (κ3) is 6.17. The molecule has 0 aliphatic carbocycles. The van der Waals surface area contributed by atoms with Gasteiger partial charge in [0.25, 0.3) is 0 Å². The summed E-state index contributed by atoms with van der Waals surface area (Å²) in [6.07, 6.45) is 0.807. The molecule has 0 atom stereocenters. The first kappa shape index (κ1) is 15.4. The van der Waals surface area contributed by atoms with E-state index in [4.69, 9.17) is 28.4 Å². The summed E-state index contributed by atoms with van der Waals surface area (Å²) in [4.78, 5) is 12.9. The Morgan fingerprint density at radius 3 is 2.79 bits per heavy atom. The molecule has 0 saturated heterocycles. The predicted octanol–water partition coefficient (Wildman–Crippen LogP) is 0.507. The smallest absolute Gasteiger partial charge is 0.231 e. The Bertz CT molecular complexity index is 451. The van der Waals surface area contributed by atoms with Gasteiger partial charge in [0.15, 0.2) is 0 Å². The van der Waals surface area contributed by atoms with Crippen LogP contribution in [0.15, 0.2) is 24.3 Å². The fourth-order valence-corrected chi connectivity index (χ4v) is 1.74. The number of hydrogen-bond donors (Lipinski definition) is 2. The average molecular weight is 281 g/mol. The van der Waals surface area contributed by atoms with E-state index < -0.39 is 0 Å². The molecule has 4 N–H and O–H groups in total. The van der Waals surface area contributed by atoms with Crippen LogP contribution in [0.25, 0.3) is 0 Å². The first-order valence-corrected chi connectivity index (χ1v) is 6.39.